The quantitative estimate of drug-likeness (QED) is 0.592. The molecule has 5 nitrogen and oxygen atoms in total. The second-order valence-electron chi connectivity index (χ2n) is 5.17. The molecule has 0 atom stereocenters. The van der Waals surface area contributed by atoms with Gasteiger partial charge in [-0.05, 0) is 31.2 Å². The summed E-state index contributed by atoms with van der Waals surface area (Å²) in [7, 11) is 0. The van der Waals surface area contributed by atoms with Crippen LogP contribution in [0.2, 0.25) is 0 Å². The van der Waals surface area contributed by atoms with Gasteiger partial charge in [0.2, 0.25) is 11.2 Å². The topological polar surface area (TPSA) is 57.9 Å². The van der Waals surface area contributed by atoms with Gasteiger partial charge in [-0.1, -0.05) is 24.8 Å². The van der Waals surface area contributed by atoms with Gasteiger partial charge in [-0.2, -0.15) is 0 Å². The maximum absolute atomic E-state index is 12.6. The van der Waals surface area contributed by atoms with E-state index in [-0.39, 0.29) is 11.2 Å². The Morgan fingerprint density at radius 2 is 1.88 bits per heavy atom. The standard InChI is InChI=1S/C20H18O5/c1-3-11-23-14-9-10-15-18(12-14)24-13-19(20(15)21)25-17-8-6-5-7-16(17)22-4-2/h3,5-10,12-13H,1,4,11H2,2H3. The molecule has 0 radical (unpaired) electrons. The summed E-state index contributed by atoms with van der Waals surface area (Å²) in [5.74, 6) is 1.73. The van der Waals surface area contributed by atoms with E-state index in [1.54, 1.807) is 36.4 Å². The molecule has 3 aromatic rings. The van der Waals surface area contributed by atoms with Crippen molar-refractivity contribution < 1.29 is 18.6 Å². The minimum atomic E-state index is -0.261. The Labute approximate surface area is 145 Å². The lowest BCUT2D eigenvalue weighted by Crippen LogP contribution is -2.06. The van der Waals surface area contributed by atoms with Crippen LogP contribution in [0.5, 0.6) is 23.0 Å². The lowest BCUT2D eigenvalue weighted by Gasteiger charge is -2.11. The van der Waals surface area contributed by atoms with E-state index in [9.17, 15) is 4.79 Å². The zero-order valence-electron chi connectivity index (χ0n) is 13.9. The molecule has 3 rings (SSSR count). The Kier molecular flexibility index (Phi) is 5.04. The SMILES string of the molecule is C=CCOc1ccc2c(=O)c(Oc3ccccc3OCC)coc2c1. The second-order valence-corrected chi connectivity index (χ2v) is 5.17. The number of benzene rings is 2. The molecular weight excluding hydrogens is 320 g/mol. The van der Waals surface area contributed by atoms with Crippen LogP contribution in [0.4, 0.5) is 0 Å². The van der Waals surface area contributed by atoms with Gasteiger partial charge in [-0.15, -0.1) is 0 Å². The first-order valence-corrected chi connectivity index (χ1v) is 7.92. The largest absolute Gasteiger partial charge is 0.490 e. The van der Waals surface area contributed by atoms with Crippen LogP contribution in [0.1, 0.15) is 6.92 Å². The van der Waals surface area contributed by atoms with Gasteiger partial charge in [0, 0.05) is 6.07 Å². The van der Waals surface area contributed by atoms with Gasteiger partial charge in [-0.25, -0.2) is 0 Å². The van der Waals surface area contributed by atoms with Crippen molar-refractivity contribution in [1.82, 2.24) is 0 Å². The van der Waals surface area contributed by atoms with Crippen molar-refractivity contribution in [2.45, 2.75) is 6.92 Å². The van der Waals surface area contributed by atoms with Crippen LogP contribution in [0.15, 0.2) is 70.6 Å². The molecule has 25 heavy (non-hydrogen) atoms. The molecule has 0 N–H and O–H groups in total. The van der Waals surface area contributed by atoms with Gasteiger partial charge < -0.3 is 18.6 Å². The summed E-state index contributed by atoms with van der Waals surface area (Å²) in [5, 5.41) is 0.414. The summed E-state index contributed by atoms with van der Waals surface area (Å²) in [6.45, 7) is 6.36. The molecule has 0 fully saturated rings. The van der Waals surface area contributed by atoms with Crippen LogP contribution < -0.4 is 19.6 Å². The molecule has 128 valence electrons. The number of hydrogen-bond acceptors (Lipinski definition) is 5. The smallest absolute Gasteiger partial charge is 0.235 e. The van der Waals surface area contributed by atoms with Gasteiger partial charge in [0.1, 0.15) is 24.2 Å². The van der Waals surface area contributed by atoms with Crippen molar-refractivity contribution in [2.24, 2.45) is 0 Å². The third-order valence-electron chi connectivity index (χ3n) is 3.45. The Balaban J connectivity index is 1.94. The molecule has 0 aliphatic carbocycles. The Morgan fingerprint density at radius 3 is 2.64 bits per heavy atom. The summed E-state index contributed by atoms with van der Waals surface area (Å²) < 4.78 is 22.2. The third-order valence-corrected chi connectivity index (χ3v) is 3.45. The lowest BCUT2D eigenvalue weighted by molar-refractivity contribution is 0.319. The Morgan fingerprint density at radius 1 is 1.08 bits per heavy atom. The van der Waals surface area contributed by atoms with Crippen LogP contribution in [0, 0.1) is 0 Å². The summed E-state index contributed by atoms with van der Waals surface area (Å²) in [4.78, 5) is 12.6. The number of ether oxygens (including phenoxy) is 3. The molecule has 1 heterocycles. The second kappa shape index (κ2) is 7.57. The van der Waals surface area contributed by atoms with Gasteiger partial charge in [0.15, 0.2) is 11.5 Å². The zero-order chi connectivity index (χ0) is 17.6. The minimum absolute atomic E-state index is 0.0967. The molecular formula is C20H18O5. The van der Waals surface area contributed by atoms with Crippen molar-refractivity contribution >= 4 is 11.0 Å². The molecule has 0 amide bonds. The summed E-state index contributed by atoms with van der Waals surface area (Å²) in [5.41, 5.74) is 0.167. The fourth-order valence-corrected chi connectivity index (χ4v) is 2.33. The molecule has 0 unspecified atom stereocenters. The summed E-state index contributed by atoms with van der Waals surface area (Å²) >= 11 is 0. The maximum Gasteiger partial charge on any atom is 0.235 e. The third kappa shape index (κ3) is 3.66. The molecule has 0 saturated carbocycles. The lowest BCUT2D eigenvalue weighted by atomic mass is 10.2. The molecule has 5 heteroatoms. The molecule has 0 aliphatic rings. The summed E-state index contributed by atoms with van der Waals surface area (Å²) in [6.07, 6.45) is 2.94. The molecule has 0 aliphatic heterocycles. The highest BCUT2D eigenvalue weighted by molar-refractivity contribution is 5.79. The van der Waals surface area contributed by atoms with E-state index in [0.29, 0.717) is 41.4 Å². The highest BCUT2D eigenvalue weighted by Crippen LogP contribution is 2.31. The molecule has 0 bridgehead atoms. The molecule has 2 aromatic carbocycles. The van der Waals surface area contributed by atoms with Gasteiger partial charge in [0.25, 0.3) is 0 Å². The first kappa shape index (κ1) is 16.6. The van der Waals surface area contributed by atoms with E-state index in [2.05, 4.69) is 6.58 Å². The zero-order valence-corrected chi connectivity index (χ0v) is 13.9. The van der Waals surface area contributed by atoms with E-state index in [4.69, 9.17) is 18.6 Å². The average molecular weight is 338 g/mol. The number of hydrogen-bond donors (Lipinski definition) is 0. The van der Waals surface area contributed by atoms with Crippen LogP contribution >= 0.6 is 0 Å². The molecule has 0 saturated heterocycles. The Bertz CT molecular complexity index is 942. The van der Waals surface area contributed by atoms with E-state index in [0.717, 1.165) is 0 Å². The monoisotopic (exact) mass is 338 g/mol. The van der Waals surface area contributed by atoms with Gasteiger partial charge >= 0.3 is 0 Å². The van der Waals surface area contributed by atoms with Crippen molar-refractivity contribution in [3.63, 3.8) is 0 Å². The van der Waals surface area contributed by atoms with Crippen molar-refractivity contribution in [1.29, 1.82) is 0 Å². The predicted octanol–water partition coefficient (Wildman–Crippen LogP) is 4.55. The predicted molar refractivity (Wildman–Crippen MR) is 95.9 cm³/mol. The number of rotatable bonds is 7. The van der Waals surface area contributed by atoms with Gasteiger partial charge in [-0.3, -0.25) is 4.79 Å². The summed E-state index contributed by atoms with van der Waals surface area (Å²) in [6, 6.07) is 12.2. The van der Waals surface area contributed by atoms with Crippen LogP contribution in [0.25, 0.3) is 11.0 Å². The first-order chi connectivity index (χ1) is 12.2. The number of fused-ring (bicyclic) bond motifs is 1. The van der Waals surface area contributed by atoms with Crippen molar-refractivity contribution in [3.05, 3.63) is 71.6 Å². The highest BCUT2D eigenvalue weighted by atomic mass is 16.5. The maximum atomic E-state index is 12.6. The normalized spacial score (nSPS) is 10.4. The number of para-hydroxylation sites is 2. The van der Waals surface area contributed by atoms with Crippen LogP contribution in [-0.4, -0.2) is 13.2 Å². The van der Waals surface area contributed by atoms with E-state index in [1.807, 2.05) is 19.1 Å². The Hall–Kier alpha value is -3.21. The fourth-order valence-electron chi connectivity index (χ4n) is 2.33. The fraction of sp³-hybridized carbons (Fsp3) is 0.150. The van der Waals surface area contributed by atoms with Crippen LogP contribution in [0.3, 0.4) is 0 Å². The van der Waals surface area contributed by atoms with Gasteiger partial charge in [0.05, 0.1) is 12.0 Å². The molecule has 1 aromatic heterocycles. The highest BCUT2D eigenvalue weighted by Gasteiger charge is 2.12. The first-order valence-electron chi connectivity index (χ1n) is 7.92. The van der Waals surface area contributed by atoms with E-state index < -0.39 is 0 Å². The van der Waals surface area contributed by atoms with Crippen molar-refractivity contribution in [3.8, 4) is 23.0 Å². The average Bonchev–Trinajstić information content (AvgIpc) is 2.64. The van der Waals surface area contributed by atoms with E-state index >= 15 is 0 Å². The van der Waals surface area contributed by atoms with Crippen LogP contribution in [-0.2, 0) is 0 Å². The van der Waals surface area contributed by atoms with E-state index in [1.165, 1.54) is 6.26 Å². The molecule has 0 spiro atoms. The van der Waals surface area contributed by atoms with Crippen molar-refractivity contribution in [2.75, 3.05) is 13.2 Å². The minimum Gasteiger partial charge on any atom is -0.490 e.